The molecule has 1 aliphatic heterocycles. The van der Waals surface area contributed by atoms with E-state index in [1.54, 1.807) is 24.3 Å². The van der Waals surface area contributed by atoms with Gasteiger partial charge in [-0.2, -0.15) is 0 Å². The number of carbonyl (C=O) groups excluding carboxylic acids is 1. The van der Waals surface area contributed by atoms with Gasteiger partial charge in [-0.15, -0.1) is 0 Å². The number of methoxy groups -OCH3 is 1. The van der Waals surface area contributed by atoms with Crippen molar-refractivity contribution in [1.82, 2.24) is 0 Å². The fourth-order valence-corrected chi connectivity index (χ4v) is 3.24. The molecule has 0 spiro atoms. The summed E-state index contributed by atoms with van der Waals surface area (Å²) < 4.78 is 4.91. The Morgan fingerprint density at radius 1 is 1.45 bits per heavy atom. The molecular weight excluding hydrogens is 325 g/mol. The first-order chi connectivity index (χ1) is 10.5. The van der Waals surface area contributed by atoms with E-state index in [4.69, 9.17) is 27.9 Å². The molecule has 1 heterocycles. The molecule has 0 aliphatic carbocycles. The van der Waals surface area contributed by atoms with Gasteiger partial charge in [-0.1, -0.05) is 36.5 Å². The number of nitrogens with zero attached hydrogens (tertiary/aromatic N) is 1. The van der Waals surface area contributed by atoms with Gasteiger partial charge in [0.25, 0.3) is 0 Å². The summed E-state index contributed by atoms with van der Waals surface area (Å²) in [5.74, 6) is -0.120. The Morgan fingerprint density at radius 3 is 2.77 bits per heavy atom. The van der Waals surface area contributed by atoms with Gasteiger partial charge in [-0.3, -0.25) is 4.90 Å². The first-order valence-corrected chi connectivity index (χ1v) is 7.94. The van der Waals surface area contributed by atoms with Crippen molar-refractivity contribution >= 4 is 40.0 Å². The van der Waals surface area contributed by atoms with Crippen LogP contribution in [0.5, 0.6) is 0 Å². The summed E-state index contributed by atoms with van der Waals surface area (Å²) in [6.45, 7) is 1.99. The van der Waals surface area contributed by atoms with Gasteiger partial charge in [-0.25, -0.2) is 4.79 Å². The maximum absolute atomic E-state index is 12.3. The van der Waals surface area contributed by atoms with Crippen molar-refractivity contribution in [3.63, 3.8) is 0 Å². The van der Waals surface area contributed by atoms with E-state index < -0.39 is 6.09 Å². The SMILES string of the molecule is CCC[C@@H](CO)[C@H]1C=C(Cl)c2ccc(Cl)cc2N1C(=O)OC. The van der Waals surface area contributed by atoms with Crippen molar-refractivity contribution in [3.05, 3.63) is 34.9 Å². The summed E-state index contributed by atoms with van der Waals surface area (Å²) in [7, 11) is 1.33. The molecule has 4 nitrogen and oxygen atoms in total. The number of anilines is 1. The lowest BCUT2D eigenvalue weighted by Gasteiger charge is -2.37. The van der Waals surface area contributed by atoms with Gasteiger partial charge < -0.3 is 9.84 Å². The molecule has 0 radical (unpaired) electrons. The average Bonchev–Trinajstić information content (AvgIpc) is 2.51. The summed E-state index contributed by atoms with van der Waals surface area (Å²) in [6, 6.07) is 4.82. The third-order valence-electron chi connectivity index (χ3n) is 3.84. The summed E-state index contributed by atoms with van der Waals surface area (Å²) in [5.41, 5.74) is 1.33. The highest BCUT2D eigenvalue weighted by atomic mass is 35.5. The average molecular weight is 344 g/mol. The topological polar surface area (TPSA) is 49.8 Å². The second-order valence-corrected chi connectivity index (χ2v) is 6.08. The number of hydrogen-bond acceptors (Lipinski definition) is 3. The molecule has 2 rings (SSSR count). The van der Waals surface area contributed by atoms with E-state index in [-0.39, 0.29) is 18.6 Å². The zero-order chi connectivity index (χ0) is 16.3. The Labute approximate surface area is 140 Å². The Morgan fingerprint density at radius 2 is 2.18 bits per heavy atom. The van der Waals surface area contributed by atoms with E-state index in [1.807, 2.05) is 6.92 Å². The van der Waals surface area contributed by atoms with Crippen LogP contribution in [0.2, 0.25) is 5.02 Å². The van der Waals surface area contributed by atoms with E-state index in [2.05, 4.69) is 0 Å². The molecular formula is C16H19Cl2NO3. The molecule has 1 N–H and O–H groups in total. The van der Waals surface area contributed by atoms with Crippen LogP contribution in [0.1, 0.15) is 25.3 Å². The smallest absolute Gasteiger partial charge is 0.414 e. The molecule has 1 aromatic carbocycles. The molecule has 22 heavy (non-hydrogen) atoms. The van der Waals surface area contributed by atoms with E-state index in [0.717, 1.165) is 18.4 Å². The maximum atomic E-state index is 12.3. The van der Waals surface area contributed by atoms with Crippen molar-refractivity contribution in [1.29, 1.82) is 0 Å². The number of benzene rings is 1. The van der Waals surface area contributed by atoms with Gasteiger partial charge in [0, 0.05) is 28.1 Å². The number of amides is 1. The van der Waals surface area contributed by atoms with Crippen LogP contribution in [-0.2, 0) is 4.74 Å². The van der Waals surface area contributed by atoms with Crippen molar-refractivity contribution in [2.24, 2.45) is 5.92 Å². The van der Waals surface area contributed by atoms with Crippen LogP contribution >= 0.6 is 23.2 Å². The number of ether oxygens (including phenoxy) is 1. The Bertz CT molecular complexity index is 589. The van der Waals surface area contributed by atoms with E-state index in [9.17, 15) is 9.90 Å². The maximum Gasteiger partial charge on any atom is 0.414 e. The molecule has 0 saturated carbocycles. The molecule has 2 atom stereocenters. The molecule has 1 amide bonds. The molecule has 0 unspecified atom stereocenters. The molecule has 6 heteroatoms. The van der Waals surface area contributed by atoms with Gasteiger partial charge in [0.1, 0.15) is 0 Å². The molecule has 120 valence electrons. The van der Waals surface area contributed by atoms with Gasteiger partial charge in [-0.05, 0) is 30.7 Å². The van der Waals surface area contributed by atoms with Crippen LogP contribution < -0.4 is 4.90 Å². The Kier molecular flexibility index (Phi) is 5.73. The van der Waals surface area contributed by atoms with Crippen molar-refractivity contribution < 1.29 is 14.6 Å². The van der Waals surface area contributed by atoms with Gasteiger partial charge in [0.15, 0.2) is 0 Å². The molecule has 1 aromatic rings. The molecule has 0 aromatic heterocycles. The number of aliphatic hydroxyl groups excluding tert-OH is 1. The standard InChI is InChI=1S/C16H19Cl2NO3/c1-3-4-10(9-20)14-8-13(18)12-6-5-11(17)7-15(12)19(14)16(21)22-2/h5-8,10,14,20H,3-4,9H2,1-2H3/t10-,14+/m0/s1. The van der Waals surface area contributed by atoms with E-state index in [0.29, 0.717) is 15.7 Å². The van der Waals surface area contributed by atoms with Crippen LogP contribution in [0.3, 0.4) is 0 Å². The predicted molar refractivity (Wildman–Crippen MR) is 89.4 cm³/mol. The predicted octanol–water partition coefficient (Wildman–Crippen LogP) is 4.28. The fourth-order valence-electron chi connectivity index (χ4n) is 2.79. The highest BCUT2D eigenvalue weighted by Gasteiger charge is 2.35. The number of carbonyl (C=O) groups is 1. The van der Waals surface area contributed by atoms with Crippen molar-refractivity contribution in [3.8, 4) is 0 Å². The van der Waals surface area contributed by atoms with E-state index >= 15 is 0 Å². The van der Waals surface area contributed by atoms with Crippen LogP contribution in [-0.4, -0.2) is 31.0 Å². The van der Waals surface area contributed by atoms with Crippen LogP contribution in [0.15, 0.2) is 24.3 Å². The van der Waals surface area contributed by atoms with Crippen LogP contribution in [0.25, 0.3) is 5.03 Å². The monoisotopic (exact) mass is 343 g/mol. The normalized spacial score (nSPS) is 18.5. The third kappa shape index (κ3) is 3.24. The summed E-state index contributed by atoms with van der Waals surface area (Å²) in [6.07, 6.45) is 2.96. The fraction of sp³-hybridized carbons (Fsp3) is 0.438. The van der Waals surface area contributed by atoms with Crippen molar-refractivity contribution in [2.45, 2.75) is 25.8 Å². The lowest BCUT2D eigenvalue weighted by molar-refractivity contribution is 0.165. The minimum absolute atomic E-state index is 0.0391. The number of halogens is 2. The largest absolute Gasteiger partial charge is 0.452 e. The van der Waals surface area contributed by atoms with Gasteiger partial charge >= 0.3 is 6.09 Å². The highest BCUT2D eigenvalue weighted by Crippen LogP contribution is 2.40. The van der Waals surface area contributed by atoms with Gasteiger partial charge in [0.05, 0.1) is 18.8 Å². The zero-order valence-corrected chi connectivity index (χ0v) is 14.1. The summed E-state index contributed by atoms with van der Waals surface area (Å²) in [5, 5.41) is 10.7. The third-order valence-corrected chi connectivity index (χ3v) is 4.40. The Hall–Kier alpha value is -1.23. The van der Waals surface area contributed by atoms with Crippen LogP contribution in [0, 0.1) is 5.92 Å². The summed E-state index contributed by atoms with van der Waals surface area (Å²) >= 11 is 12.4. The highest BCUT2D eigenvalue weighted by molar-refractivity contribution is 6.50. The van der Waals surface area contributed by atoms with Gasteiger partial charge in [0.2, 0.25) is 0 Å². The molecule has 0 bridgehead atoms. The number of rotatable bonds is 4. The lowest BCUT2D eigenvalue weighted by atomic mass is 9.90. The second kappa shape index (κ2) is 7.36. The molecule has 1 aliphatic rings. The first kappa shape index (κ1) is 17.1. The Balaban J connectivity index is 2.54. The second-order valence-electron chi connectivity index (χ2n) is 5.24. The summed E-state index contributed by atoms with van der Waals surface area (Å²) in [4.78, 5) is 13.8. The van der Waals surface area contributed by atoms with Crippen molar-refractivity contribution in [2.75, 3.05) is 18.6 Å². The minimum atomic E-state index is -0.497. The minimum Gasteiger partial charge on any atom is -0.452 e. The zero-order valence-electron chi connectivity index (χ0n) is 12.6. The van der Waals surface area contributed by atoms with Crippen LogP contribution in [0.4, 0.5) is 10.5 Å². The number of aliphatic hydroxyl groups is 1. The quantitative estimate of drug-likeness (QED) is 0.887. The molecule has 0 fully saturated rings. The van der Waals surface area contributed by atoms with E-state index in [1.165, 1.54) is 12.0 Å². The first-order valence-electron chi connectivity index (χ1n) is 7.18. The number of hydrogen-bond donors (Lipinski definition) is 1. The lowest BCUT2D eigenvalue weighted by Crippen LogP contribution is -2.46. The molecule has 0 saturated heterocycles. The number of fused-ring (bicyclic) bond motifs is 1.